The van der Waals surface area contributed by atoms with Gasteiger partial charge >= 0.3 is 0 Å². The predicted molar refractivity (Wildman–Crippen MR) is 97.5 cm³/mol. The Hall–Kier alpha value is -3.01. The lowest BCUT2D eigenvalue weighted by atomic mass is 10.2. The number of hydrogen-bond donors (Lipinski definition) is 1. The molecular formula is C21H20FNO2. The largest absolute Gasteiger partial charge is 0.493 e. The minimum absolute atomic E-state index is 0.268. The first-order chi connectivity index (χ1) is 12.2. The van der Waals surface area contributed by atoms with Crippen molar-refractivity contribution in [3.05, 3.63) is 89.7 Å². The second-order valence-corrected chi connectivity index (χ2v) is 5.62. The summed E-state index contributed by atoms with van der Waals surface area (Å²) < 4.78 is 24.4. The van der Waals surface area contributed by atoms with Crippen molar-refractivity contribution in [3.8, 4) is 11.5 Å². The van der Waals surface area contributed by atoms with Gasteiger partial charge in [0.1, 0.15) is 12.4 Å². The highest BCUT2D eigenvalue weighted by atomic mass is 19.1. The van der Waals surface area contributed by atoms with Crippen molar-refractivity contribution >= 4 is 5.69 Å². The van der Waals surface area contributed by atoms with Crippen LogP contribution in [0.2, 0.25) is 0 Å². The van der Waals surface area contributed by atoms with E-state index in [0.29, 0.717) is 18.0 Å². The van der Waals surface area contributed by atoms with E-state index in [4.69, 9.17) is 9.47 Å². The molecule has 0 aliphatic heterocycles. The van der Waals surface area contributed by atoms with Crippen LogP contribution in [0.5, 0.6) is 11.5 Å². The van der Waals surface area contributed by atoms with E-state index in [1.165, 1.54) is 12.1 Å². The van der Waals surface area contributed by atoms with Crippen molar-refractivity contribution in [1.82, 2.24) is 0 Å². The van der Waals surface area contributed by atoms with Gasteiger partial charge in [-0.2, -0.15) is 0 Å². The predicted octanol–water partition coefficient (Wildman–Crippen LogP) is 5.03. The van der Waals surface area contributed by atoms with Crippen LogP contribution in [0.25, 0.3) is 0 Å². The molecule has 3 aromatic rings. The lowest BCUT2D eigenvalue weighted by Crippen LogP contribution is -2.02. The molecular weight excluding hydrogens is 317 g/mol. The lowest BCUT2D eigenvalue weighted by Gasteiger charge is -2.13. The quantitative estimate of drug-likeness (QED) is 0.656. The molecule has 1 N–H and O–H groups in total. The van der Waals surface area contributed by atoms with Gasteiger partial charge in [0, 0.05) is 12.2 Å². The Balaban J connectivity index is 1.65. The van der Waals surface area contributed by atoms with Crippen LogP contribution in [0, 0.1) is 5.82 Å². The molecule has 0 radical (unpaired) electrons. The van der Waals surface area contributed by atoms with E-state index >= 15 is 0 Å². The number of para-hydroxylation sites is 1. The van der Waals surface area contributed by atoms with Crippen LogP contribution in [0.3, 0.4) is 0 Å². The zero-order valence-corrected chi connectivity index (χ0v) is 14.0. The van der Waals surface area contributed by atoms with Gasteiger partial charge in [-0.05, 0) is 47.5 Å². The van der Waals surface area contributed by atoms with E-state index < -0.39 is 0 Å². The molecule has 0 spiro atoms. The van der Waals surface area contributed by atoms with Gasteiger partial charge < -0.3 is 14.8 Å². The molecule has 0 fully saturated rings. The number of nitrogens with one attached hydrogen (secondary N) is 1. The van der Waals surface area contributed by atoms with Crippen molar-refractivity contribution in [2.75, 3.05) is 12.4 Å². The summed E-state index contributed by atoms with van der Waals surface area (Å²) in [5, 5.41) is 3.36. The first-order valence-corrected chi connectivity index (χ1v) is 8.07. The third-order valence-electron chi connectivity index (χ3n) is 3.78. The van der Waals surface area contributed by atoms with Crippen molar-refractivity contribution in [2.24, 2.45) is 0 Å². The van der Waals surface area contributed by atoms with Gasteiger partial charge in [0.25, 0.3) is 0 Å². The second-order valence-electron chi connectivity index (χ2n) is 5.62. The van der Waals surface area contributed by atoms with E-state index in [2.05, 4.69) is 5.32 Å². The minimum Gasteiger partial charge on any atom is -0.493 e. The number of rotatable bonds is 7. The van der Waals surface area contributed by atoms with Crippen LogP contribution in [0.15, 0.2) is 72.8 Å². The summed E-state index contributed by atoms with van der Waals surface area (Å²) >= 11 is 0. The third-order valence-corrected chi connectivity index (χ3v) is 3.78. The fourth-order valence-electron chi connectivity index (χ4n) is 2.49. The van der Waals surface area contributed by atoms with Gasteiger partial charge in [-0.1, -0.05) is 36.4 Å². The average Bonchev–Trinajstić information content (AvgIpc) is 2.66. The molecule has 0 unspecified atom stereocenters. The number of benzene rings is 3. The van der Waals surface area contributed by atoms with Crippen molar-refractivity contribution in [2.45, 2.75) is 13.2 Å². The van der Waals surface area contributed by atoms with Crippen molar-refractivity contribution in [1.29, 1.82) is 0 Å². The van der Waals surface area contributed by atoms with Gasteiger partial charge in [-0.25, -0.2) is 4.39 Å². The fourth-order valence-corrected chi connectivity index (χ4v) is 2.49. The van der Waals surface area contributed by atoms with Crippen molar-refractivity contribution in [3.63, 3.8) is 0 Å². The Morgan fingerprint density at radius 1 is 0.840 bits per heavy atom. The highest BCUT2D eigenvalue weighted by Crippen LogP contribution is 2.29. The number of halogens is 1. The van der Waals surface area contributed by atoms with Crippen LogP contribution in [0.4, 0.5) is 10.1 Å². The SMILES string of the molecule is COc1cc(CNc2ccccc2)ccc1OCc1cccc(F)c1. The summed E-state index contributed by atoms with van der Waals surface area (Å²) in [7, 11) is 1.61. The maximum Gasteiger partial charge on any atom is 0.161 e. The summed E-state index contributed by atoms with van der Waals surface area (Å²) in [5.74, 6) is 1.02. The Morgan fingerprint density at radius 3 is 2.44 bits per heavy atom. The third kappa shape index (κ3) is 4.73. The summed E-state index contributed by atoms with van der Waals surface area (Å²) in [6.07, 6.45) is 0. The van der Waals surface area contributed by atoms with E-state index in [-0.39, 0.29) is 12.4 Å². The molecule has 3 nitrogen and oxygen atoms in total. The van der Waals surface area contributed by atoms with E-state index in [1.54, 1.807) is 13.2 Å². The van der Waals surface area contributed by atoms with Crippen LogP contribution in [-0.4, -0.2) is 7.11 Å². The van der Waals surface area contributed by atoms with Crippen LogP contribution < -0.4 is 14.8 Å². The summed E-state index contributed by atoms with van der Waals surface area (Å²) in [4.78, 5) is 0. The first kappa shape index (κ1) is 16.8. The average molecular weight is 337 g/mol. The molecule has 3 rings (SSSR count). The normalized spacial score (nSPS) is 10.3. The molecule has 0 aliphatic carbocycles. The molecule has 4 heteroatoms. The Bertz CT molecular complexity index is 821. The summed E-state index contributed by atoms with van der Waals surface area (Å²) in [6.45, 7) is 0.973. The maximum absolute atomic E-state index is 13.2. The molecule has 0 amide bonds. The number of methoxy groups -OCH3 is 1. The Morgan fingerprint density at radius 2 is 1.68 bits per heavy atom. The molecule has 0 atom stereocenters. The fraction of sp³-hybridized carbons (Fsp3) is 0.143. The van der Waals surface area contributed by atoms with Crippen LogP contribution in [0.1, 0.15) is 11.1 Å². The highest BCUT2D eigenvalue weighted by Gasteiger charge is 2.07. The summed E-state index contributed by atoms with van der Waals surface area (Å²) in [5.41, 5.74) is 2.92. The number of hydrogen-bond acceptors (Lipinski definition) is 3. The molecule has 0 heterocycles. The van der Waals surface area contributed by atoms with Crippen molar-refractivity contribution < 1.29 is 13.9 Å². The molecule has 0 aliphatic rings. The molecule has 3 aromatic carbocycles. The minimum atomic E-state index is -0.268. The second kappa shape index (κ2) is 8.20. The summed E-state index contributed by atoms with van der Waals surface area (Å²) in [6, 6.07) is 22.2. The molecule has 0 saturated heterocycles. The first-order valence-electron chi connectivity index (χ1n) is 8.07. The van der Waals surface area contributed by atoms with Crippen LogP contribution >= 0.6 is 0 Å². The molecule has 0 saturated carbocycles. The molecule has 128 valence electrons. The number of ether oxygens (including phenoxy) is 2. The van der Waals surface area contributed by atoms with Gasteiger partial charge in [0.05, 0.1) is 7.11 Å². The van der Waals surface area contributed by atoms with E-state index in [9.17, 15) is 4.39 Å². The Kier molecular flexibility index (Phi) is 5.52. The van der Waals surface area contributed by atoms with Gasteiger partial charge in [0.15, 0.2) is 11.5 Å². The van der Waals surface area contributed by atoms with E-state index in [0.717, 1.165) is 16.8 Å². The topological polar surface area (TPSA) is 30.5 Å². The monoisotopic (exact) mass is 337 g/mol. The highest BCUT2D eigenvalue weighted by molar-refractivity contribution is 5.46. The zero-order chi connectivity index (χ0) is 17.5. The smallest absolute Gasteiger partial charge is 0.161 e. The molecule has 0 aromatic heterocycles. The molecule has 25 heavy (non-hydrogen) atoms. The van der Waals surface area contributed by atoms with Gasteiger partial charge in [-0.15, -0.1) is 0 Å². The van der Waals surface area contributed by atoms with E-state index in [1.807, 2.05) is 54.6 Å². The van der Waals surface area contributed by atoms with Crippen LogP contribution in [-0.2, 0) is 13.2 Å². The van der Waals surface area contributed by atoms with Gasteiger partial charge in [0.2, 0.25) is 0 Å². The number of anilines is 1. The van der Waals surface area contributed by atoms with Gasteiger partial charge in [-0.3, -0.25) is 0 Å². The lowest BCUT2D eigenvalue weighted by molar-refractivity contribution is 0.284. The zero-order valence-electron chi connectivity index (χ0n) is 14.0. The Labute approximate surface area is 147 Å². The maximum atomic E-state index is 13.2. The molecule has 0 bridgehead atoms. The standard InChI is InChI=1S/C21H20FNO2/c1-24-21-13-16(14-23-19-8-3-2-4-9-19)10-11-20(21)25-15-17-6-5-7-18(22)12-17/h2-13,23H,14-15H2,1H3.